The predicted molar refractivity (Wildman–Crippen MR) is 69.7 cm³/mol. The highest BCUT2D eigenvalue weighted by atomic mass is 79.9. The van der Waals surface area contributed by atoms with E-state index in [-0.39, 0.29) is 24.2 Å². The van der Waals surface area contributed by atoms with Gasteiger partial charge in [0.25, 0.3) is 0 Å². The van der Waals surface area contributed by atoms with Gasteiger partial charge in [0, 0.05) is 29.7 Å². The quantitative estimate of drug-likeness (QED) is 0.793. The molecule has 104 valence electrons. The maximum atomic E-state index is 13.6. The van der Waals surface area contributed by atoms with Gasteiger partial charge in [-0.3, -0.25) is 4.79 Å². The van der Waals surface area contributed by atoms with Crippen LogP contribution in [0, 0.1) is 11.7 Å². The maximum Gasteiger partial charge on any atom is 0.248 e. The van der Waals surface area contributed by atoms with E-state index >= 15 is 0 Å². The number of alkyl halides is 2. The van der Waals surface area contributed by atoms with Crippen LogP contribution in [0.3, 0.4) is 0 Å². The van der Waals surface area contributed by atoms with Crippen LogP contribution in [0.2, 0.25) is 0 Å². The number of ketones is 1. The van der Waals surface area contributed by atoms with Gasteiger partial charge in [-0.15, -0.1) is 0 Å². The molecule has 0 bridgehead atoms. The molecule has 5 heteroatoms. The molecular formula is C14H14BrF3O. The van der Waals surface area contributed by atoms with Gasteiger partial charge in [0.15, 0.2) is 0 Å². The summed E-state index contributed by atoms with van der Waals surface area (Å²) in [6.45, 7) is 0. The minimum atomic E-state index is -2.75. The maximum absolute atomic E-state index is 13.6. The fraction of sp³-hybridized carbons (Fsp3) is 0.500. The fourth-order valence-corrected chi connectivity index (χ4v) is 2.78. The summed E-state index contributed by atoms with van der Waals surface area (Å²) in [6.07, 6.45) is 0.173. The average Bonchev–Trinajstić information content (AvgIpc) is 2.31. The zero-order chi connectivity index (χ0) is 14.0. The Morgan fingerprint density at radius 1 is 1.42 bits per heavy atom. The summed E-state index contributed by atoms with van der Waals surface area (Å²) in [5, 5.41) is 0. The van der Waals surface area contributed by atoms with Crippen LogP contribution in [-0.2, 0) is 11.2 Å². The number of carbonyl (C=O) groups is 1. The Morgan fingerprint density at radius 2 is 2.16 bits per heavy atom. The second-order valence-electron chi connectivity index (χ2n) is 5.03. The number of Topliss-reactive ketones (excluding diaryl/α,β-unsaturated/α-hetero) is 1. The van der Waals surface area contributed by atoms with Crippen LogP contribution in [-0.4, -0.2) is 11.7 Å². The highest BCUT2D eigenvalue weighted by Crippen LogP contribution is 2.37. The van der Waals surface area contributed by atoms with Gasteiger partial charge in [-0.25, -0.2) is 13.2 Å². The van der Waals surface area contributed by atoms with Crippen molar-refractivity contribution in [3.63, 3.8) is 0 Å². The van der Waals surface area contributed by atoms with Crippen LogP contribution >= 0.6 is 15.9 Å². The lowest BCUT2D eigenvalue weighted by atomic mass is 9.82. The first-order valence-corrected chi connectivity index (χ1v) is 7.01. The first kappa shape index (κ1) is 14.6. The molecule has 0 spiro atoms. The summed E-state index contributed by atoms with van der Waals surface area (Å²) in [7, 11) is 0. The van der Waals surface area contributed by atoms with Gasteiger partial charge in [-0.2, -0.15) is 0 Å². The number of halogens is 4. The molecule has 1 aromatic carbocycles. The molecule has 0 radical (unpaired) electrons. The largest absolute Gasteiger partial charge is 0.299 e. The molecule has 1 unspecified atom stereocenters. The van der Waals surface area contributed by atoms with Gasteiger partial charge in [0.1, 0.15) is 11.6 Å². The van der Waals surface area contributed by atoms with E-state index in [9.17, 15) is 18.0 Å². The monoisotopic (exact) mass is 334 g/mol. The van der Waals surface area contributed by atoms with Crippen LogP contribution in [0.1, 0.15) is 31.2 Å². The molecule has 1 aliphatic carbocycles. The third kappa shape index (κ3) is 3.81. The van der Waals surface area contributed by atoms with Crippen molar-refractivity contribution in [1.29, 1.82) is 0 Å². The SMILES string of the molecule is O=C(Cc1ccc(Br)cc1F)C1CCCC(F)(F)C1. The average molecular weight is 335 g/mol. The van der Waals surface area contributed by atoms with E-state index in [4.69, 9.17) is 0 Å². The summed E-state index contributed by atoms with van der Waals surface area (Å²) in [6, 6.07) is 4.43. The molecule has 1 atom stereocenters. The molecule has 2 rings (SSSR count). The van der Waals surface area contributed by atoms with Crippen molar-refractivity contribution in [2.24, 2.45) is 5.92 Å². The summed E-state index contributed by atoms with van der Waals surface area (Å²) in [4.78, 5) is 12.0. The topological polar surface area (TPSA) is 17.1 Å². The van der Waals surface area contributed by atoms with E-state index in [0.717, 1.165) is 0 Å². The fourth-order valence-electron chi connectivity index (χ4n) is 2.44. The number of rotatable bonds is 3. The van der Waals surface area contributed by atoms with Crippen molar-refractivity contribution in [2.75, 3.05) is 0 Å². The zero-order valence-corrected chi connectivity index (χ0v) is 11.9. The van der Waals surface area contributed by atoms with E-state index in [0.29, 0.717) is 17.3 Å². The standard InChI is InChI=1S/C14H14BrF3O/c15-11-4-3-9(12(16)7-11)6-13(19)10-2-1-5-14(17,18)8-10/h3-4,7,10H,1-2,5-6,8H2. The smallest absolute Gasteiger partial charge is 0.248 e. The molecule has 0 amide bonds. The number of hydrogen-bond acceptors (Lipinski definition) is 1. The molecule has 19 heavy (non-hydrogen) atoms. The Kier molecular flexibility index (Phi) is 4.33. The lowest BCUT2D eigenvalue weighted by molar-refractivity contribution is -0.129. The minimum absolute atomic E-state index is 0.111. The second kappa shape index (κ2) is 5.65. The van der Waals surface area contributed by atoms with Gasteiger partial charge in [-0.05, 0) is 30.5 Å². The molecule has 0 saturated heterocycles. The Bertz CT molecular complexity index is 488. The van der Waals surface area contributed by atoms with Crippen LogP contribution in [0.25, 0.3) is 0 Å². The highest BCUT2D eigenvalue weighted by Gasteiger charge is 2.38. The molecular weight excluding hydrogens is 321 g/mol. The summed E-state index contributed by atoms with van der Waals surface area (Å²) >= 11 is 3.13. The van der Waals surface area contributed by atoms with Gasteiger partial charge in [0.05, 0.1) is 0 Å². The molecule has 1 aliphatic rings. The molecule has 0 N–H and O–H groups in total. The summed E-state index contributed by atoms with van der Waals surface area (Å²) < 4.78 is 40.7. The number of hydrogen-bond donors (Lipinski definition) is 0. The minimum Gasteiger partial charge on any atom is -0.299 e. The van der Waals surface area contributed by atoms with Crippen LogP contribution in [0.4, 0.5) is 13.2 Å². The van der Waals surface area contributed by atoms with Gasteiger partial charge in [-0.1, -0.05) is 22.0 Å². The third-order valence-electron chi connectivity index (χ3n) is 3.48. The molecule has 1 fully saturated rings. The third-order valence-corrected chi connectivity index (χ3v) is 3.97. The van der Waals surface area contributed by atoms with Crippen LogP contribution in [0.5, 0.6) is 0 Å². The summed E-state index contributed by atoms with van der Waals surface area (Å²) in [5.41, 5.74) is 0.266. The molecule has 0 heterocycles. The first-order chi connectivity index (χ1) is 8.87. The van der Waals surface area contributed by atoms with Crippen molar-refractivity contribution in [3.05, 3.63) is 34.1 Å². The predicted octanol–water partition coefficient (Wildman–Crippen LogP) is 4.53. The molecule has 1 nitrogen and oxygen atoms in total. The zero-order valence-electron chi connectivity index (χ0n) is 10.3. The van der Waals surface area contributed by atoms with E-state index in [1.54, 1.807) is 6.07 Å². The van der Waals surface area contributed by atoms with Gasteiger partial charge < -0.3 is 0 Å². The Morgan fingerprint density at radius 3 is 2.79 bits per heavy atom. The summed E-state index contributed by atoms with van der Waals surface area (Å²) in [5.74, 6) is -4.17. The molecule has 0 aromatic heterocycles. The van der Waals surface area contributed by atoms with Crippen molar-refractivity contribution >= 4 is 21.7 Å². The molecule has 1 saturated carbocycles. The molecule has 1 aromatic rings. The number of carbonyl (C=O) groups excluding carboxylic acids is 1. The van der Waals surface area contributed by atoms with Gasteiger partial charge >= 0.3 is 0 Å². The van der Waals surface area contributed by atoms with Crippen LogP contribution in [0.15, 0.2) is 22.7 Å². The lowest BCUT2D eigenvalue weighted by Crippen LogP contribution is -2.31. The van der Waals surface area contributed by atoms with Crippen molar-refractivity contribution in [2.45, 2.75) is 38.0 Å². The normalized spacial score (nSPS) is 22.2. The number of benzene rings is 1. The van der Waals surface area contributed by atoms with E-state index in [2.05, 4.69) is 15.9 Å². The first-order valence-electron chi connectivity index (χ1n) is 6.22. The van der Waals surface area contributed by atoms with E-state index in [1.165, 1.54) is 12.1 Å². The van der Waals surface area contributed by atoms with Crippen molar-refractivity contribution in [3.8, 4) is 0 Å². The van der Waals surface area contributed by atoms with E-state index < -0.39 is 24.1 Å². The Balaban J connectivity index is 2.04. The van der Waals surface area contributed by atoms with Crippen LogP contribution < -0.4 is 0 Å². The second-order valence-corrected chi connectivity index (χ2v) is 5.94. The lowest BCUT2D eigenvalue weighted by Gasteiger charge is -2.27. The van der Waals surface area contributed by atoms with Crippen molar-refractivity contribution in [1.82, 2.24) is 0 Å². The van der Waals surface area contributed by atoms with Crippen molar-refractivity contribution < 1.29 is 18.0 Å². The Hall–Kier alpha value is -0.840. The molecule has 0 aliphatic heterocycles. The Labute approximate surface area is 118 Å². The van der Waals surface area contributed by atoms with E-state index in [1.807, 2.05) is 0 Å². The highest BCUT2D eigenvalue weighted by molar-refractivity contribution is 9.10. The van der Waals surface area contributed by atoms with Gasteiger partial charge in [0.2, 0.25) is 5.92 Å².